The number of cyclic esters (lactones) is 1. The van der Waals surface area contributed by atoms with Gasteiger partial charge in [-0.3, -0.25) is 38.4 Å². The molecule has 7 amide bonds. The lowest BCUT2D eigenvalue weighted by molar-refractivity contribution is -0.265. The fourth-order valence-electron chi connectivity index (χ4n) is 15.0. The number of para-hydroxylation sites is 1. The van der Waals surface area contributed by atoms with E-state index < -0.39 is 144 Å². The summed E-state index contributed by atoms with van der Waals surface area (Å²) in [6.45, 7) is 15.8. The van der Waals surface area contributed by atoms with Crippen LogP contribution in [0.3, 0.4) is 0 Å². The van der Waals surface area contributed by atoms with E-state index in [0.29, 0.717) is 74.6 Å². The van der Waals surface area contributed by atoms with Gasteiger partial charge in [0.1, 0.15) is 48.8 Å². The van der Waals surface area contributed by atoms with Crippen LogP contribution < -0.4 is 31.9 Å². The number of urea groups is 1. The van der Waals surface area contributed by atoms with Crippen LogP contribution >= 0.6 is 0 Å². The molecular formula is C82H115N7O18. The lowest BCUT2D eigenvalue weighted by Gasteiger charge is -2.42. The van der Waals surface area contributed by atoms with E-state index in [1.807, 2.05) is 99.7 Å². The van der Waals surface area contributed by atoms with E-state index in [9.17, 15) is 58.2 Å². The molecule has 25 nitrogen and oxygen atoms in total. The normalized spacial score (nSPS) is 29.9. The Kier molecular flexibility index (Phi) is 33.3. The van der Waals surface area contributed by atoms with Crippen molar-refractivity contribution in [1.29, 1.82) is 0 Å². The van der Waals surface area contributed by atoms with Crippen LogP contribution in [-0.4, -0.2) is 188 Å². The third-order valence-corrected chi connectivity index (χ3v) is 21.6. The standard InChI is InChI=1S/C82H115N7O18/c1-49(2)72(78(97)86-62(28-22-38-85-81(83)100)77(96)84-39-37-71(92)89-47-60-27-17-16-25-58(60)33-34-59-26-18-19-29-63(59)89)87-70(91)48-105-66-36-32-57(44-69(66)103-11)43-53(6)68-46-65(90)52(5)42-55(8)74(94)75(104-12)73(93)54(7)41-50(3)23-14-13-15-24-51(4)67(102-10)45-61-35-31-56(9)82(101,107-61)76(95)79(98)88-40-21-20-30-64(88)80(99)106-68/h13-19,23-27,29,42,49-50,52-54,56-57,61-62,64,66-69,72,74-75,94,101H,20-22,28,30-32,35-41,43-48H2,1-12H3,(H,84,96)(H,86,97)(H,87,91)(H3,83,85,100)/b15-13+,23-14+,51-24+,55-42+/t50-,52-,53-,54-,56-,57+,61+,62+,64?,66-,67+,68+,69-,72+,74-,75+,82-/m1/s1. The molecule has 2 bridgehead atoms. The Balaban J connectivity index is 1.02. The Morgan fingerprint density at radius 3 is 2.21 bits per heavy atom. The Bertz CT molecular complexity index is 3630. The largest absolute Gasteiger partial charge is 0.460 e. The highest BCUT2D eigenvalue weighted by atomic mass is 16.6. The van der Waals surface area contributed by atoms with Crippen molar-refractivity contribution in [3.8, 4) is 11.8 Å². The SMILES string of the molecule is CO[C@H]1C[C@@H]2CC[C@@H](C)[C@@](O)(O2)C(=O)C(=O)N2CCCCC2C(=O)O[C@H]([C@H](C)C[C@@H]2CC[C@@H](OCC(=O)N[C@H](C(=O)N[C@@H](CCCNC(N)=O)C(=O)NCCC(=O)N3Cc4ccccc4C#Cc4ccccc43)C(C)C)[C@H](OC)C2)CC(=O)[C@H](C)/C=C(\C)[C@@H](O)[C@@H](OC)C(=O)[C@H](C)C[C@H](C)/C=C/C=C/C=C/1C. The second kappa shape index (κ2) is 41.4. The lowest BCUT2D eigenvalue weighted by Crippen LogP contribution is -2.61. The van der Waals surface area contributed by atoms with Gasteiger partial charge in [0.25, 0.3) is 11.7 Å². The molecular weight excluding hydrogens is 1370 g/mol. The molecule has 107 heavy (non-hydrogen) atoms. The van der Waals surface area contributed by atoms with Crippen LogP contribution in [0.15, 0.2) is 96.1 Å². The van der Waals surface area contributed by atoms with Crippen LogP contribution in [0.1, 0.15) is 175 Å². The van der Waals surface area contributed by atoms with Crippen LogP contribution in [0.25, 0.3) is 0 Å². The zero-order chi connectivity index (χ0) is 78.2. The van der Waals surface area contributed by atoms with Crippen molar-refractivity contribution in [3.63, 3.8) is 0 Å². The molecule has 5 aliphatic rings. The van der Waals surface area contributed by atoms with Crippen molar-refractivity contribution in [2.24, 2.45) is 47.2 Å². The number of piperidine rings is 1. The minimum Gasteiger partial charge on any atom is -0.460 e. The zero-order valence-electron chi connectivity index (χ0n) is 64.4. The summed E-state index contributed by atoms with van der Waals surface area (Å²) < 4.78 is 36.4. The zero-order valence-corrected chi connectivity index (χ0v) is 64.4. The maximum Gasteiger partial charge on any atom is 0.329 e. The number of hydrogen-bond acceptors (Lipinski definition) is 18. The van der Waals surface area contributed by atoms with Gasteiger partial charge in [0.15, 0.2) is 5.78 Å². The van der Waals surface area contributed by atoms with Crippen molar-refractivity contribution < 1.29 is 86.6 Å². The molecule has 8 N–H and O–H groups in total. The molecule has 4 heterocycles. The monoisotopic (exact) mass is 1490 g/mol. The Labute approximate surface area is 630 Å². The number of hydrogen-bond donors (Lipinski definition) is 7. The highest BCUT2D eigenvalue weighted by molar-refractivity contribution is 6.39. The van der Waals surface area contributed by atoms with E-state index in [1.54, 1.807) is 59.6 Å². The van der Waals surface area contributed by atoms with E-state index in [4.69, 9.17) is 34.2 Å². The number of anilines is 1. The van der Waals surface area contributed by atoms with Crippen molar-refractivity contribution in [1.82, 2.24) is 26.2 Å². The number of rotatable bonds is 21. The lowest BCUT2D eigenvalue weighted by atomic mass is 9.78. The first kappa shape index (κ1) is 86.0. The van der Waals surface area contributed by atoms with Crippen molar-refractivity contribution in [2.45, 2.75) is 232 Å². The number of aliphatic hydroxyl groups excluding tert-OH is 1. The molecule has 1 saturated carbocycles. The molecule has 0 aromatic heterocycles. The fourth-order valence-corrected chi connectivity index (χ4v) is 15.0. The van der Waals surface area contributed by atoms with Gasteiger partial charge in [0.05, 0.1) is 36.6 Å². The van der Waals surface area contributed by atoms with Gasteiger partial charge in [-0.05, 0) is 149 Å². The topological polar surface area (TPSA) is 347 Å². The summed E-state index contributed by atoms with van der Waals surface area (Å²) in [6, 6.07) is 10.6. The van der Waals surface area contributed by atoms with E-state index in [-0.39, 0.29) is 94.0 Å². The van der Waals surface area contributed by atoms with Gasteiger partial charge in [-0.15, -0.1) is 0 Å². The molecule has 2 aromatic rings. The molecule has 7 rings (SSSR count). The van der Waals surface area contributed by atoms with Crippen molar-refractivity contribution >= 4 is 64.6 Å². The number of ketones is 3. The van der Waals surface area contributed by atoms with Crippen LogP contribution in [-0.2, 0) is 78.1 Å². The highest BCUT2D eigenvalue weighted by Crippen LogP contribution is 2.39. The molecule has 2 saturated heterocycles. The predicted molar refractivity (Wildman–Crippen MR) is 402 cm³/mol. The molecule has 1 unspecified atom stereocenters. The number of ether oxygens (including phenoxy) is 6. The number of allylic oxidation sites excluding steroid dienone is 6. The van der Waals surface area contributed by atoms with Gasteiger partial charge in [-0.25, -0.2) is 9.59 Å². The van der Waals surface area contributed by atoms with E-state index in [2.05, 4.69) is 33.1 Å². The number of nitrogens with zero attached hydrogens (tertiary/aromatic N) is 2. The Morgan fingerprint density at radius 1 is 0.776 bits per heavy atom. The molecule has 0 spiro atoms. The minimum absolute atomic E-state index is 0.0124. The fraction of sp³-hybridized carbons (Fsp3) is 0.610. The van der Waals surface area contributed by atoms with Gasteiger partial charge in [-0.2, -0.15) is 0 Å². The number of carbonyl (C=O) groups excluding carboxylic acids is 10. The smallest absolute Gasteiger partial charge is 0.329 e. The quantitative estimate of drug-likeness (QED) is 0.0207. The third-order valence-electron chi connectivity index (χ3n) is 21.6. The molecule has 3 fully saturated rings. The summed E-state index contributed by atoms with van der Waals surface area (Å²) in [5, 5.41) is 34.7. The van der Waals surface area contributed by atoms with E-state index in [1.165, 1.54) is 14.2 Å². The average Bonchev–Trinajstić information content (AvgIpc) is 0.772. The Morgan fingerprint density at radius 2 is 1.50 bits per heavy atom. The summed E-state index contributed by atoms with van der Waals surface area (Å²) in [6.07, 6.45) is 9.52. The second-order valence-corrected chi connectivity index (χ2v) is 30.1. The first-order valence-electron chi connectivity index (χ1n) is 38.0. The Hall–Kier alpha value is -8.22. The predicted octanol–water partition coefficient (Wildman–Crippen LogP) is 7.73. The number of methoxy groups -OCH3 is 3. The molecule has 4 aliphatic heterocycles. The maximum atomic E-state index is 14.9. The number of nitrogens with two attached hydrogens (primary N) is 1. The number of fused-ring (bicyclic) bond motifs is 5. The maximum absolute atomic E-state index is 14.9. The first-order chi connectivity index (χ1) is 51.0. The van der Waals surface area contributed by atoms with E-state index in [0.717, 1.165) is 21.6 Å². The summed E-state index contributed by atoms with van der Waals surface area (Å²) in [7, 11) is 4.44. The third kappa shape index (κ3) is 24.1. The molecule has 17 atom stereocenters. The van der Waals surface area contributed by atoms with Crippen LogP contribution in [0.2, 0.25) is 0 Å². The molecule has 2 aromatic carbocycles. The van der Waals surface area contributed by atoms with Crippen molar-refractivity contribution in [2.75, 3.05) is 52.5 Å². The summed E-state index contributed by atoms with van der Waals surface area (Å²) in [5.74, 6) is -5.24. The average molecular weight is 1490 g/mol. The number of benzene rings is 2. The molecule has 0 radical (unpaired) electrons. The molecule has 1 aliphatic carbocycles. The number of primary amides is 1. The molecule has 586 valence electrons. The molecule has 25 heteroatoms. The van der Waals surface area contributed by atoms with Crippen molar-refractivity contribution in [3.05, 3.63) is 113 Å². The summed E-state index contributed by atoms with van der Waals surface area (Å²) in [4.78, 5) is 143. The summed E-state index contributed by atoms with van der Waals surface area (Å²) >= 11 is 0. The van der Waals surface area contributed by atoms with Gasteiger partial charge >= 0.3 is 12.0 Å². The van der Waals surface area contributed by atoms with Crippen LogP contribution in [0.4, 0.5) is 10.5 Å². The van der Waals surface area contributed by atoms with E-state index >= 15 is 0 Å². The summed E-state index contributed by atoms with van der Waals surface area (Å²) in [5.41, 5.74) is 9.45. The highest BCUT2D eigenvalue weighted by Gasteiger charge is 2.53. The van der Waals surface area contributed by atoms with Gasteiger partial charge in [0.2, 0.25) is 29.4 Å². The van der Waals surface area contributed by atoms with Gasteiger partial charge in [0, 0.05) is 89.1 Å². The van der Waals surface area contributed by atoms with Gasteiger partial charge < -0.3 is 75.4 Å². The second-order valence-electron chi connectivity index (χ2n) is 30.1. The number of aliphatic hydroxyl groups is 2. The minimum atomic E-state index is -2.51. The first-order valence-corrected chi connectivity index (χ1v) is 38.0. The number of nitrogens with one attached hydrogen (secondary N) is 4. The van der Waals surface area contributed by atoms with Crippen LogP contribution in [0, 0.1) is 53.3 Å². The number of amides is 7. The van der Waals surface area contributed by atoms with Gasteiger partial charge in [-0.1, -0.05) is 127 Å². The number of carbonyl (C=O) groups is 10. The number of esters is 1. The number of Topliss-reactive ketones (excluding diaryl/α,β-unsaturated/α-hetero) is 3. The van der Waals surface area contributed by atoms with Crippen LogP contribution in [0.5, 0.6) is 0 Å².